The quantitative estimate of drug-likeness (QED) is 0.730. The van der Waals surface area contributed by atoms with Crippen LogP contribution >= 0.6 is 0 Å². The molecule has 21 heavy (non-hydrogen) atoms. The predicted molar refractivity (Wildman–Crippen MR) is 83.4 cm³/mol. The van der Waals surface area contributed by atoms with Crippen LogP contribution in [0.25, 0.3) is 16.9 Å². The molecule has 0 spiro atoms. The number of nitrogens with one attached hydrogen (secondary N) is 1. The second-order valence-electron chi connectivity index (χ2n) is 5.14. The fourth-order valence-electron chi connectivity index (χ4n) is 2.38. The Morgan fingerprint density at radius 3 is 2.90 bits per heavy atom. The Morgan fingerprint density at radius 1 is 1.19 bits per heavy atom. The van der Waals surface area contributed by atoms with Crippen LogP contribution in [0.15, 0.2) is 36.4 Å². The van der Waals surface area contributed by atoms with Crippen molar-refractivity contribution in [3.8, 4) is 5.82 Å². The van der Waals surface area contributed by atoms with Gasteiger partial charge >= 0.3 is 0 Å². The first-order valence-electron chi connectivity index (χ1n) is 7.27. The van der Waals surface area contributed by atoms with Gasteiger partial charge in [0.05, 0.1) is 5.52 Å². The van der Waals surface area contributed by atoms with Gasteiger partial charge in [0.1, 0.15) is 5.52 Å². The fraction of sp³-hybridized carbons (Fsp3) is 0.312. The molecule has 2 aromatic heterocycles. The van der Waals surface area contributed by atoms with Gasteiger partial charge in [-0.15, -0.1) is 5.10 Å². The molecule has 0 bridgehead atoms. The molecular formula is C16H19N5. The van der Waals surface area contributed by atoms with E-state index < -0.39 is 0 Å². The second-order valence-corrected chi connectivity index (χ2v) is 5.14. The number of aryl methyl sites for hydroxylation is 1. The largest absolute Gasteiger partial charge is 0.313 e. The van der Waals surface area contributed by atoms with Crippen LogP contribution in [0.2, 0.25) is 0 Å². The lowest BCUT2D eigenvalue weighted by molar-refractivity contribution is 0.673. The van der Waals surface area contributed by atoms with Gasteiger partial charge in [-0.2, -0.15) is 4.68 Å². The third-order valence-electron chi connectivity index (χ3n) is 3.32. The van der Waals surface area contributed by atoms with E-state index in [-0.39, 0.29) is 0 Å². The summed E-state index contributed by atoms with van der Waals surface area (Å²) in [7, 11) is 0. The smallest absolute Gasteiger partial charge is 0.156 e. The fourth-order valence-corrected chi connectivity index (χ4v) is 2.38. The molecule has 0 aliphatic carbocycles. The summed E-state index contributed by atoms with van der Waals surface area (Å²) in [5.41, 5.74) is 4.06. The van der Waals surface area contributed by atoms with Gasteiger partial charge in [-0.3, -0.25) is 0 Å². The maximum absolute atomic E-state index is 4.59. The highest BCUT2D eigenvalue weighted by Crippen LogP contribution is 2.16. The molecule has 2 heterocycles. The maximum Gasteiger partial charge on any atom is 0.156 e. The van der Waals surface area contributed by atoms with Gasteiger partial charge in [0.15, 0.2) is 5.82 Å². The summed E-state index contributed by atoms with van der Waals surface area (Å²) in [5, 5.41) is 11.8. The Labute approximate surface area is 124 Å². The normalized spacial score (nSPS) is 11.1. The standard InChI is InChI=1S/C16H19N5/c1-3-8-17-11-13-9-12(2)18-16(10-13)21-15-7-5-4-6-14(15)19-20-21/h4-7,9-10,17H,3,8,11H2,1-2H3. The van der Waals surface area contributed by atoms with Crippen LogP contribution in [0.4, 0.5) is 0 Å². The number of para-hydroxylation sites is 1. The summed E-state index contributed by atoms with van der Waals surface area (Å²) < 4.78 is 1.80. The van der Waals surface area contributed by atoms with E-state index in [9.17, 15) is 0 Å². The van der Waals surface area contributed by atoms with Crippen molar-refractivity contribution in [1.29, 1.82) is 0 Å². The summed E-state index contributed by atoms with van der Waals surface area (Å²) in [6, 6.07) is 12.1. The molecule has 0 atom stereocenters. The summed E-state index contributed by atoms with van der Waals surface area (Å²) in [6.45, 7) is 6.03. The molecule has 0 unspecified atom stereocenters. The molecule has 0 aliphatic rings. The van der Waals surface area contributed by atoms with Crippen molar-refractivity contribution in [1.82, 2.24) is 25.3 Å². The molecule has 1 N–H and O–H groups in total. The van der Waals surface area contributed by atoms with Crippen molar-refractivity contribution in [3.63, 3.8) is 0 Å². The van der Waals surface area contributed by atoms with Crippen molar-refractivity contribution >= 4 is 11.0 Å². The van der Waals surface area contributed by atoms with E-state index in [1.165, 1.54) is 5.56 Å². The number of nitrogens with zero attached hydrogens (tertiary/aromatic N) is 4. The molecule has 5 heteroatoms. The van der Waals surface area contributed by atoms with Gasteiger partial charge in [-0.05, 0) is 49.7 Å². The lowest BCUT2D eigenvalue weighted by Crippen LogP contribution is -2.14. The van der Waals surface area contributed by atoms with Gasteiger partial charge < -0.3 is 5.32 Å². The minimum absolute atomic E-state index is 0.817. The van der Waals surface area contributed by atoms with Crippen LogP contribution in [0.5, 0.6) is 0 Å². The Kier molecular flexibility index (Phi) is 3.92. The summed E-state index contributed by atoms with van der Waals surface area (Å²) in [5.74, 6) is 0.817. The zero-order valence-electron chi connectivity index (χ0n) is 12.4. The highest BCUT2D eigenvalue weighted by Gasteiger charge is 2.08. The van der Waals surface area contributed by atoms with Crippen molar-refractivity contribution in [2.45, 2.75) is 26.8 Å². The third-order valence-corrected chi connectivity index (χ3v) is 3.32. The molecule has 108 valence electrons. The number of fused-ring (bicyclic) bond motifs is 1. The molecule has 0 aliphatic heterocycles. The third kappa shape index (κ3) is 2.92. The van der Waals surface area contributed by atoms with Crippen molar-refractivity contribution < 1.29 is 0 Å². The van der Waals surface area contributed by atoms with E-state index in [1.807, 2.05) is 31.2 Å². The Balaban J connectivity index is 1.98. The van der Waals surface area contributed by atoms with E-state index >= 15 is 0 Å². The van der Waals surface area contributed by atoms with Crippen molar-refractivity contribution in [2.24, 2.45) is 0 Å². The summed E-state index contributed by atoms with van der Waals surface area (Å²) >= 11 is 0. The molecule has 0 fully saturated rings. The first-order valence-corrected chi connectivity index (χ1v) is 7.27. The number of hydrogen-bond donors (Lipinski definition) is 1. The van der Waals surface area contributed by atoms with Gasteiger partial charge in [-0.25, -0.2) is 4.98 Å². The first-order chi connectivity index (χ1) is 10.3. The zero-order chi connectivity index (χ0) is 14.7. The van der Waals surface area contributed by atoms with E-state index in [2.05, 4.69) is 39.7 Å². The number of hydrogen-bond acceptors (Lipinski definition) is 4. The van der Waals surface area contributed by atoms with E-state index in [0.717, 1.165) is 42.1 Å². The van der Waals surface area contributed by atoms with Crippen LogP contribution in [-0.2, 0) is 6.54 Å². The maximum atomic E-state index is 4.59. The molecule has 0 radical (unpaired) electrons. The van der Waals surface area contributed by atoms with Crippen LogP contribution in [0, 0.1) is 6.92 Å². The van der Waals surface area contributed by atoms with Gasteiger partial charge in [0.2, 0.25) is 0 Å². The van der Waals surface area contributed by atoms with Gasteiger partial charge in [-0.1, -0.05) is 24.3 Å². The predicted octanol–water partition coefficient (Wildman–Crippen LogP) is 2.62. The van der Waals surface area contributed by atoms with Crippen LogP contribution in [-0.4, -0.2) is 26.5 Å². The minimum Gasteiger partial charge on any atom is -0.313 e. The Morgan fingerprint density at radius 2 is 2.05 bits per heavy atom. The van der Waals surface area contributed by atoms with E-state index in [0.29, 0.717) is 0 Å². The summed E-state index contributed by atoms with van der Waals surface area (Å²) in [6.07, 6.45) is 1.13. The second kappa shape index (κ2) is 6.01. The van der Waals surface area contributed by atoms with Gasteiger partial charge in [0, 0.05) is 12.2 Å². The average molecular weight is 281 g/mol. The average Bonchev–Trinajstić information content (AvgIpc) is 2.91. The molecule has 1 aromatic carbocycles. The van der Waals surface area contributed by atoms with Crippen molar-refractivity contribution in [3.05, 3.63) is 47.7 Å². The Bertz CT molecular complexity index is 747. The lowest BCUT2D eigenvalue weighted by atomic mass is 10.2. The van der Waals surface area contributed by atoms with Crippen LogP contribution < -0.4 is 5.32 Å². The molecular weight excluding hydrogens is 262 g/mol. The number of pyridine rings is 1. The number of rotatable bonds is 5. The zero-order valence-corrected chi connectivity index (χ0v) is 12.4. The first kappa shape index (κ1) is 13.7. The van der Waals surface area contributed by atoms with Crippen molar-refractivity contribution in [2.75, 3.05) is 6.54 Å². The molecule has 0 saturated carbocycles. The molecule has 0 amide bonds. The minimum atomic E-state index is 0.817. The van der Waals surface area contributed by atoms with Gasteiger partial charge in [0.25, 0.3) is 0 Å². The molecule has 3 aromatic rings. The lowest BCUT2D eigenvalue weighted by Gasteiger charge is -2.08. The monoisotopic (exact) mass is 281 g/mol. The van der Waals surface area contributed by atoms with E-state index in [1.54, 1.807) is 4.68 Å². The highest BCUT2D eigenvalue weighted by atomic mass is 15.4. The number of aromatic nitrogens is 4. The van der Waals surface area contributed by atoms with E-state index in [4.69, 9.17) is 0 Å². The highest BCUT2D eigenvalue weighted by molar-refractivity contribution is 5.75. The van der Waals surface area contributed by atoms with Crippen LogP contribution in [0.3, 0.4) is 0 Å². The Hall–Kier alpha value is -2.27. The molecule has 0 saturated heterocycles. The van der Waals surface area contributed by atoms with Crippen LogP contribution in [0.1, 0.15) is 24.6 Å². The molecule has 5 nitrogen and oxygen atoms in total. The summed E-state index contributed by atoms with van der Waals surface area (Å²) in [4.78, 5) is 4.59. The number of benzene rings is 1. The SMILES string of the molecule is CCCNCc1cc(C)nc(-n2nnc3ccccc32)c1. The molecule has 3 rings (SSSR count). The topological polar surface area (TPSA) is 55.6 Å².